The average Bonchev–Trinajstić information content (AvgIpc) is 2.04. The number of aromatic nitrogens is 1. The van der Waals surface area contributed by atoms with E-state index in [0.717, 1.165) is 12.3 Å². The summed E-state index contributed by atoms with van der Waals surface area (Å²) in [5.74, 6) is -2.39. The Morgan fingerprint density at radius 3 is 2.33 bits per heavy atom. The minimum absolute atomic E-state index is 0.0833. The van der Waals surface area contributed by atoms with Crippen molar-refractivity contribution in [3.63, 3.8) is 0 Å². The Morgan fingerprint density at radius 2 is 2.00 bits per heavy atom. The predicted molar refractivity (Wildman–Crippen MR) is 37.0 cm³/mol. The zero-order valence-electron chi connectivity index (χ0n) is 5.81. The summed E-state index contributed by atoms with van der Waals surface area (Å²) in [6.07, 6.45) is 0.974. The number of rotatable bonds is 2. The maximum Gasteiger partial charge on any atom is 0.355 e. The van der Waals surface area contributed by atoms with Gasteiger partial charge in [0, 0.05) is 12.3 Å². The van der Waals surface area contributed by atoms with Gasteiger partial charge in [0.25, 0.3) is 0 Å². The molecule has 0 saturated carbocycles. The van der Waals surface area contributed by atoms with Gasteiger partial charge in [-0.25, -0.2) is 14.6 Å². The Kier molecular flexibility index (Phi) is 2.05. The van der Waals surface area contributed by atoms with Crippen LogP contribution < -0.4 is 0 Å². The van der Waals surface area contributed by atoms with E-state index in [9.17, 15) is 9.59 Å². The summed E-state index contributed by atoms with van der Waals surface area (Å²) >= 11 is 0. The van der Waals surface area contributed by atoms with Gasteiger partial charge < -0.3 is 10.2 Å². The molecular weight excluding hydrogens is 162 g/mol. The van der Waals surface area contributed by atoms with Gasteiger partial charge in [-0.1, -0.05) is 0 Å². The molecule has 1 rings (SSSR count). The highest BCUT2D eigenvalue weighted by molar-refractivity contribution is 5.89. The highest BCUT2D eigenvalue weighted by Gasteiger charge is 2.07. The lowest BCUT2D eigenvalue weighted by Crippen LogP contribution is -2.03. The van der Waals surface area contributed by atoms with Gasteiger partial charge in [0.05, 0.1) is 5.56 Å². The Balaban J connectivity index is 3.01. The number of nitrogens with zero attached hydrogens (tertiary/aromatic N) is 1. The Morgan fingerprint density at radius 1 is 1.33 bits per heavy atom. The van der Waals surface area contributed by atoms with Crippen LogP contribution in [0.25, 0.3) is 0 Å². The predicted octanol–water partition coefficient (Wildman–Crippen LogP) is 0.278. The molecule has 61 valence electrons. The van der Waals surface area contributed by atoms with Crippen LogP contribution in [0.15, 0.2) is 12.3 Å². The monoisotopic (exact) mass is 166 g/mol. The van der Waals surface area contributed by atoms with E-state index in [2.05, 4.69) is 11.1 Å². The molecule has 1 radical (unpaired) electrons. The highest BCUT2D eigenvalue weighted by atomic mass is 16.4. The van der Waals surface area contributed by atoms with Gasteiger partial charge in [-0.2, -0.15) is 0 Å². The number of pyridine rings is 1. The molecule has 0 aromatic carbocycles. The van der Waals surface area contributed by atoms with Crippen molar-refractivity contribution in [2.45, 2.75) is 0 Å². The lowest BCUT2D eigenvalue weighted by molar-refractivity contribution is 0.0675. The Labute approximate surface area is 67.3 Å². The van der Waals surface area contributed by atoms with Crippen LogP contribution in [0.3, 0.4) is 0 Å². The zero-order chi connectivity index (χ0) is 9.14. The van der Waals surface area contributed by atoms with Crippen molar-refractivity contribution in [2.75, 3.05) is 0 Å². The maximum atomic E-state index is 10.3. The van der Waals surface area contributed by atoms with E-state index in [1.807, 2.05) is 0 Å². The van der Waals surface area contributed by atoms with Crippen molar-refractivity contribution in [1.82, 2.24) is 4.98 Å². The molecule has 0 saturated heterocycles. The van der Waals surface area contributed by atoms with Crippen molar-refractivity contribution in [1.29, 1.82) is 0 Å². The van der Waals surface area contributed by atoms with E-state index in [1.165, 1.54) is 0 Å². The standard InChI is InChI=1S/C7H4NO4/c9-6(10)4-1-2-5(7(11)12)8-3-4/h1,3H,(H,9,10)(H,11,12). The number of hydrogen-bond acceptors (Lipinski definition) is 3. The minimum atomic E-state index is -1.23. The molecule has 1 aromatic heterocycles. The normalized spacial score (nSPS) is 9.33. The van der Waals surface area contributed by atoms with Crippen molar-refractivity contribution < 1.29 is 19.8 Å². The molecule has 1 heterocycles. The fraction of sp³-hybridized carbons (Fsp3) is 0. The molecule has 5 heteroatoms. The van der Waals surface area contributed by atoms with E-state index in [1.54, 1.807) is 0 Å². The van der Waals surface area contributed by atoms with Gasteiger partial charge in [0.2, 0.25) is 0 Å². The second-order valence-corrected chi connectivity index (χ2v) is 1.96. The summed E-state index contributed by atoms with van der Waals surface area (Å²) in [6.45, 7) is 0. The molecule has 12 heavy (non-hydrogen) atoms. The summed E-state index contributed by atoms with van der Waals surface area (Å²) in [5, 5.41) is 16.8. The molecule has 0 aliphatic heterocycles. The summed E-state index contributed by atoms with van der Waals surface area (Å²) in [6, 6.07) is 3.29. The number of carbonyl (C=O) groups is 2. The quantitative estimate of drug-likeness (QED) is 0.658. The third-order valence-corrected chi connectivity index (χ3v) is 1.15. The average molecular weight is 166 g/mol. The molecule has 0 aliphatic rings. The van der Waals surface area contributed by atoms with E-state index in [-0.39, 0.29) is 11.3 Å². The fourth-order valence-corrected chi connectivity index (χ4v) is 0.589. The van der Waals surface area contributed by atoms with Crippen LogP contribution in [0.4, 0.5) is 0 Å². The number of aromatic carboxylic acids is 2. The van der Waals surface area contributed by atoms with Crippen LogP contribution in [0.5, 0.6) is 0 Å². The van der Waals surface area contributed by atoms with Crippen molar-refractivity contribution >= 4 is 11.9 Å². The second-order valence-electron chi connectivity index (χ2n) is 1.96. The molecule has 0 spiro atoms. The fourth-order valence-electron chi connectivity index (χ4n) is 0.589. The van der Waals surface area contributed by atoms with Crippen molar-refractivity contribution in [2.24, 2.45) is 0 Å². The van der Waals surface area contributed by atoms with Crippen LogP contribution in [-0.4, -0.2) is 27.1 Å². The molecule has 0 unspecified atom stereocenters. The molecule has 5 nitrogen and oxygen atoms in total. The lowest BCUT2D eigenvalue weighted by Gasteiger charge is -1.93. The van der Waals surface area contributed by atoms with Gasteiger partial charge in [-0.05, 0) is 6.07 Å². The van der Waals surface area contributed by atoms with E-state index >= 15 is 0 Å². The molecule has 0 amide bonds. The number of hydrogen-bond donors (Lipinski definition) is 2. The maximum absolute atomic E-state index is 10.3. The molecular formula is C7H4NO4. The van der Waals surface area contributed by atoms with Crippen LogP contribution in [0, 0.1) is 6.07 Å². The number of carboxylic acid groups (broad SMARTS) is 2. The first-order valence-electron chi connectivity index (χ1n) is 2.95. The van der Waals surface area contributed by atoms with Gasteiger partial charge in [0.1, 0.15) is 0 Å². The smallest absolute Gasteiger partial charge is 0.355 e. The van der Waals surface area contributed by atoms with Crippen LogP contribution in [-0.2, 0) is 0 Å². The third kappa shape index (κ3) is 1.57. The molecule has 0 bridgehead atoms. The summed E-state index contributed by atoms with van der Waals surface area (Å²) < 4.78 is 0. The van der Waals surface area contributed by atoms with Crippen LogP contribution >= 0.6 is 0 Å². The largest absolute Gasteiger partial charge is 0.478 e. The first-order chi connectivity index (χ1) is 5.61. The van der Waals surface area contributed by atoms with Crippen molar-refractivity contribution in [3.8, 4) is 0 Å². The minimum Gasteiger partial charge on any atom is -0.478 e. The topological polar surface area (TPSA) is 87.5 Å². The summed E-state index contributed by atoms with van der Waals surface area (Å²) in [7, 11) is 0. The van der Waals surface area contributed by atoms with Gasteiger partial charge in [0.15, 0.2) is 5.69 Å². The molecule has 0 atom stereocenters. The molecule has 1 aromatic rings. The van der Waals surface area contributed by atoms with Gasteiger partial charge in [-0.3, -0.25) is 0 Å². The molecule has 2 N–H and O–H groups in total. The van der Waals surface area contributed by atoms with E-state index in [0.29, 0.717) is 0 Å². The van der Waals surface area contributed by atoms with Crippen LogP contribution in [0.2, 0.25) is 0 Å². The van der Waals surface area contributed by atoms with Crippen molar-refractivity contribution in [3.05, 3.63) is 29.6 Å². The highest BCUT2D eigenvalue weighted by Crippen LogP contribution is 1.98. The molecule has 0 aliphatic carbocycles. The lowest BCUT2D eigenvalue weighted by atomic mass is 10.2. The van der Waals surface area contributed by atoms with Gasteiger partial charge in [-0.15, -0.1) is 0 Å². The number of carboxylic acids is 2. The second kappa shape index (κ2) is 3.00. The van der Waals surface area contributed by atoms with E-state index < -0.39 is 11.9 Å². The summed E-state index contributed by atoms with van der Waals surface area (Å²) in [4.78, 5) is 23.9. The molecule has 0 fully saturated rings. The summed E-state index contributed by atoms with van der Waals surface area (Å²) in [5.41, 5.74) is -0.375. The SMILES string of the molecule is O=C(O)c1c[c]c(C(=O)O)nc1. The third-order valence-electron chi connectivity index (χ3n) is 1.15. The first-order valence-corrected chi connectivity index (χ1v) is 2.95. The van der Waals surface area contributed by atoms with E-state index in [4.69, 9.17) is 10.2 Å². The first kappa shape index (κ1) is 8.19. The Bertz CT molecular complexity index is 284. The van der Waals surface area contributed by atoms with Gasteiger partial charge >= 0.3 is 11.9 Å². The van der Waals surface area contributed by atoms with Crippen LogP contribution in [0.1, 0.15) is 20.8 Å². The Hall–Kier alpha value is -1.91. The zero-order valence-corrected chi connectivity index (χ0v) is 5.81.